The van der Waals surface area contributed by atoms with Crippen LogP contribution in [0.4, 0.5) is 5.13 Å². The van der Waals surface area contributed by atoms with Crippen molar-refractivity contribution in [3.8, 4) is 17.2 Å². The van der Waals surface area contributed by atoms with Gasteiger partial charge < -0.3 is 19.1 Å². The predicted molar refractivity (Wildman–Crippen MR) is 128 cm³/mol. The van der Waals surface area contributed by atoms with Crippen LogP contribution < -0.4 is 19.1 Å². The Morgan fingerprint density at radius 2 is 1.88 bits per heavy atom. The van der Waals surface area contributed by atoms with Gasteiger partial charge in [-0.05, 0) is 31.3 Å². The normalized spacial score (nSPS) is 12.5. The van der Waals surface area contributed by atoms with Crippen molar-refractivity contribution in [1.82, 2.24) is 9.88 Å². The molecule has 0 saturated heterocycles. The van der Waals surface area contributed by atoms with Gasteiger partial charge in [-0.25, -0.2) is 4.98 Å². The molecule has 2 aromatic carbocycles. The van der Waals surface area contributed by atoms with Crippen molar-refractivity contribution in [2.45, 2.75) is 13.8 Å². The van der Waals surface area contributed by atoms with Gasteiger partial charge in [0.2, 0.25) is 6.79 Å². The van der Waals surface area contributed by atoms with E-state index in [2.05, 4.69) is 18.7 Å². The summed E-state index contributed by atoms with van der Waals surface area (Å²) in [6.07, 6.45) is 0. The Hall–Kier alpha value is -2.26. The standard InChI is InChI=1S/C22H23Cl2N3O4S/c1-3-26(4-2)7-8-27(21(28)12-29-17-6-5-14(23)9-15(17)24)22-25-16-10-18-19(31-13-30-18)11-20(16)32-22/h5-6,9-11H,3-4,7-8,12-13H2,1-2H3. The third kappa shape index (κ3) is 5.04. The second-order valence-corrected chi connectivity index (χ2v) is 8.96. The molecule has 32 heavy (non-hydrogen) atoms. The summed E-state index contributed by atoms with van der Waals surface area (Å²) in [5.74, 6) is 1.55. The van der Waals surface area contributed by atoms with Gasteiger partial charge in [0.05, 0.1) is 15.2 Å². The molecule has 4 rings (SSSR count). The first-order chi connectivity index (χ1) is 15.5. The molecule has 0 radical (unpaired) electrons. The molecule has 2 heterocycles. The van der Waals surface area contributed by atoms with E-state index < -0.39 is 0 Å². The number of benzene rings is 2. The maximum Gasteiger partial charge on any atom is 0.266 e. The lowest BCUT2D eigenvalue weighted by Gasteiger charge is -2.24. The smallest absolute Gasteiger partial charge is 0.266 e. The van der Waals surface area contributed by atoms with Crippen molar-refractivity contribution >= 4 is 55.8 Å². The van der Waals surface area contributed by atoms with Crippen molar-refractivity contribution in [2.24, 2.45) is 0 Å². The van der Waals surface area contributed by atoms with Gasteiger partial charge in [-0.2, -0.15) is 0 Å². The molecule has 1 amide bonds. The molecular weight excluding hydrogens is 473 g/mol. The monoisotopic (exact) mass is 495 g/mol. The average Bonchev–Trinajstić information content (AvgIpc) is 3.40. The predicted octanol–water partition coefficient (Wildman–Crippen LogP) is 5.09. The molecule has 0 fully saturated rings. The fourth-order valence-corrected chi connectivity index (χ4v) is 4.82. The van der Waals surface area contributed by atoms with Crippen LogP contribution in [0.2, 0.25) is 10.0 Å². The highest BCUT2D eigenvalue weighted by atomic mass is 35.5. The molecule has 1 aliphatic rings. The number of anilines is 1. The van der Waals surface area contributed by atoms with Crippen molar-refractivity contribution < 1.29 is 19.0 Å². The van der Waals surface area contributed by atoms with E-state index in [9.17, 15) is 4.79 Å². The van der Waals surface area contributed by atoms with E-state index in [1.54, 1.807) is 23.1 Å². The molecule has 3 aromatic rings. The SMILES string of the molecule is CCN(CC)CCN(C(=O)COc1ccc(Cl)cc1Cl)c1nc2cc3c(cc2s1)OCO3. The van der Waals surface area contributed by atoms with Crippen LogP contribution in [-0.2, 0) is 4.79 Å². The Labute approximate surface area is 200 Å². The number of rotatable bonds is 9. The van der Waals surface area contributed by atoms with Gasteiger partial charge >= 0.3 is 0 Å². The number of fused-ring (bicyclic) bond motifs is 2. The Morgan fingerprint density at radius 1 is 1.12 bits per heavy atom. The van der Waals surface area contributed by atoms with Crippen molar-refractivity contribution in [2.75, 3.05) is 44.5 Å². The van der Waals surface area contributed by atoms with Gasteiger partial charge in [0.1, 0.15) is 5.75 Å². The van der Waals surface area contributed by atoms with Crippen LogP contribution >= 0.6 is 34.5 Å². The fraction of sp³-hybridized carbons (Fsp3) is 0.364. The minimum atomic E-state index is -0.206. The molecule has 1 aromatic heterocycles. The topological polar surface area (TPSA) is 64.1 Å². The van der Waals surface area contributed by atoms with Crippen LogP contribution in [0.25, 0.3) is 10.2 Å². The van der Waals surface area contributed by atoms with Gasteiger partial charge in [-0.15, -0.1) is 0 Å². The van der Waals surface area contributed by atoms with E-state index in [1.807, 2.05) is 12.1 Å². The Morgan fingerprint density at radius 3 is 2.59 bits per heavy atom. The molecule has 1 aliphatic heterocycles. The third-order valence-electron chi connectivity index (χ3n) is 5.18. The Bertz CT molecular complexity index is 1080. The maximum atomic E-state index is 13.2. The second kappa shape index (κ2) is 10.1. The lowest BCUT2D eigenvalue weighted by atomic mass is 10.3. The van der Waals surface area contributed by atoms with Crippen LogP contribution in [-0.4, -0.2) is 55.4 Å². The maximum absolute atomic E-state index is 13.2. The van der Waals surface area contributed by atoms with Crippen LogP contribution in [0.3, 0.4) is 0 Å². The van der Waals surface area contributed by atoms with Gasteiger partial charge in [0, 0.05) is 30.2 Å². The number of hydrogen-bond acceptors (Lipinski definition) is 7. The average molecular weight is 496 g/mol. The number of carbonyl (C=O) groups excluding carboxylic acids is 1. The zero-order chi connectivity index (χ0) is 22.7. The molecule has 0 bridgehead atoms. The number of ether oxygens (including phenoxy) is 3. The van der Waals surface area contributed by atoms with Crippen molar-refractivity contribution in [3.05, 3.63) is 40.4 Å². The number of nitrogens with zero attached hydrogens (tertiary/aromatic N) is 3. The lowest BCUT2D eigenvalue weighted by Crippen LogP contribution is -2.41. The quantitative estimate of drug-likeness (QED) is 0.412. The van der Waals surface area contributed by atoms with Crippen molar-refractivity contribution in [3.63, 3.8) is 0 Å². The largest absolute Gasteiger partial charge is 0.482 e. The first-order valence-electron chi connectivity index (χ1n) is 10.3. The molecule has 170 valence electrons. The minimum absolute atomic E-state index is 0.168. The summed E-state index contributed by atoms with van der Waals surface area (Å²) in [6.45, 7) is 7.25. The van der Waals surface area contributed by atoms with Gasteiger partial charge in [0.25, 0.3) is 5.91 Å². The van der Waals surface area contributed by atoms with Crippen LogP contribution in [0.1, 0.15) is 13.8 Å². The summed E-state index contributed by atoms with van der Waals surface area (Å²) in [6, 6.07) is 8.64. The molecule has 0 unspecified atom stereocenters. The molecule has 7 nitrogen and oxygen atoms in total. The van der Waals surface area contributed by atoms with Gasteiger partial charge in [-0.3, -0.25) is 9.69 Å². The van der Waals surface area contributed by atoms with E-state index in [0.717, 1.165) is 29.9 Å². The minimum Gasteiger partial charge on any atom is -0.482 e. The van der Waals surface area contributed by atoms with Gasteiger partial charge in [-0.1, -0.05) is 48.4 Å². The van der Waals surface area contributed by atoms with E-state index in [4.69, 9.17) is 42.4 Å². The number of thiazole rings is 1. The van der Waals surface area contributed by atoms with E-state index in [-0.39, 0.29) is 19.3 Å². The molecule has 0 N–H and O–H groups in total. The molecule has 0 aliphatic carbocycles. The van der Waals surface area contributed by atoms with E-state index >= 15 is 0 Å². The van der Waals surface area contributed by atoms with Crippen LogP contribution in [0, 0.1) is 0 Å². The highest BCUT2D eigenvalue weighted by molar-refractivity contribution is 7.22. The molecule has 0 saturated carbocycles. The summed E-state index contributed by atoms with van der Waals surface area (Å²) in [7, 11) is 0. The zero-order valence-electron chi connectivity index (χ0n) is 17.8. The highest BCUT2D eigenvalue weighted by Crippen LogP contribution is 2.39. The third-order valence-corrected chi connectivity index (χ3v) is 6.75. The zero-order valence-corrected chi connectivity index (χ0v) is 20.1. The van der Waals surface area contributed by atoms with E-state index in [1.165, 1.54) is 11.3 Å². The molecule has 0 spiro atoms. The first kappa shape index (κ1) is 22.9. The summed E-state index contributed by atoms with van der Waals surface area (Å²) in [4.78, 5) is 21.8. The summed E-state index contributed by atoms with van der Waals surface area (Å²) >= 11 is 13.6. The van der Waals surface area contributed by atoms with Gasteiger partial charge in [0.15, 0.2) is 23.2 Å². The lowest BCUT2D eigenvalue weighted by molar-refractivity contribution is -0.120. The molecule has 10 heteroatoms. The number of halogens is 2. The Kier molecular flexibility index (Phi) is 7.25. The fourth-order valence-electron chi connectivity index (χ4n) is 3.34. The number of aromatic nitrogens is 1. The van der Waals surface area contributed by atoms with Crippen LogP contribution in [0.5, 0.6) is 17.2 Å². The number of carbonyl (C=O) groups is 1. The second-order valence-electron chi connectivity index (χ2n) is 7.11. The summed E-state index contributed by atoms with van der Waals surface area (Å²) in [5.41, 5.74) is 0.761. The van der Waals surface area contributed by atoms with E-state index in [0.29, 0.717) is 39.0 Å². The summed E-state index contributed by atoms with van der Waals surface area (Å²) in [5, 5.41) is 1.46. The van der Waals surface area contributed by atoms with Crippen molar-refractivity contribution in [1.29, 1.82) is 0 Å². The number of amides is 1. The highest BCUT2D eigenvalue weighted by Gasteiger charge is 2.23. The molecule has 0 atom stereocenters. The summed E-state index contributed by atoms with van der Waals surface area (Å²) < 4.78 is 17.5. The Balaban J connectivity index is 1.56. The first-order valence-corrected chi connectivity index (χ1v) is 11.9. The number of likely N-dealkylation sites (N-methyl/N-ethyl adjacent to an activating group) is 1. The van der Waals surface area contributed by atoms with Crippen LogP contribution in [0.15, 0.2) is 30.3 Å². The molecular formula is C22H23Cl2N3O4S. The number of hydrogen-bond donors (Lipinski definition) is 0.